The molecule has 0 N–H and O–H groups in total. The first-order valence-electron chi connectivity index (χ1n) is 10.4. The normalized spacial score (nSPS) is 14.7. The predicted molar refractivity (Wildman–Crippen MR) is 120 cm³/mol. The molecule has 2 heterocycles. The molecular weight excluding hydrogens is 404 g/mol. The molecule has 5 rings (SSSR count). The van der Waals surface area contributed by atoms with Crippen LogP contribution < -0.4 is 9.47 Å². The molecule has 0 fully saturated rings. The number of fused-ring (bicyclic) bond motifs is 1. The second-order valence-electron chi connectivity index (χ2n) is 7.56. The highest BCUT2D eigenvalue weighted by Gasteiger charge is 2.27. The van der Waals surface area contributed by atoms with E-state index in [0.29, 0.717) is 30.5 Å². The SMILES string of the molecule is CN(CC1COc2ccccc2O1)C(=O)c1nc(-c2ccccc2)n(-c2ccccc2)n1. The Balaban J connectivity index is 1.39. The van der Waals surface area contributed by atoms with Gasteiger partial charge in [-0.1, -0.05) is 60.7 Å². The van der Waals surface area contributed by atoms with Crippen molar-refractivity contribution < 1.29 is 14.3 Å². The van der Waals surface area contributed by atoms with E-state index in [9.17, 15) is 4.79 Å². The van der Waals surface area contributed by atoms with Crippen molar-refractivity contribution in [1.29, 1.82) is 0 Å². The van der Waals surface area contributed by atoms with Crippen molar-refractivity contribution in [2.75, 3.05) is 20.2 Å². The average molecular weight is 426 g/mol. The third-order valence-electron chi connectivity index (χ3n) is 5.22. The van der Waals surface area contributed by atoms with Crippen molar-refractivity contribution in [1.82, 2.24) is 19.7 Å². The largest absolute Gasteiger partial charge is 0.486 e. The number of rotatable bonds is 5. The lowest BCUT2D eigenvalue weighted by atomic mass is 10.2. The Kier molecular flexibility index (Phi) is 5.29. The van der Waals surface area contributed by atoms with Gasteiger partial charge in [0.25, 0.3) is 5.91 Å². The van der Waals surface area contributed by atoms with E-state index in [0.717, 1.165) is 11.3 Å². The van der Waals surface area contributed by atoms with Crippen molar-refractivity contribution >= 4 is 5.91 Å². The van der Waals surface area contributed by atoms with Gasteiger partial charge in [0.05, 0.1) is 12.2 Å². The van der Waals surface area contributed by atoms with Gasteiger partial charge in [0.15, 0.2) is 23.4 Å². The Labute approximate surface area is 185 Å². The molecule has 0 radical (unpaired) electrons. The van der Waals surface area contributed by atoms with Crippen LogP contribution in [0.25, 0.3) is 17.1 Å². The highest BCUT2D eigenvalue weighted by Crippen LogP contribution is 2.31. The van der Waals surface area contributed by atoms with Crippen LogP contribution >= 0.6 is 0 Å². The summed E-state index contributed by atoms with van der Waals surface area (Å²) in [6, 6.07) is 26.9. The lowest BCUT2D eigenvalue weighted by Gasteiger charge is -2.29. The molecule has 1 aliphatic heterocycles. The Morgan fingerprint density at radius 1 is 0.969 bits per heavy atom. The second kappa shape index (κ2) is 8.55. The van der Waals surface area contributed by atoms with Gasteiger partial charge in [0, 0.05) is 12.6 Å². The Morgan fingerprint density at radius 2 is 1.62 bits per heavy atom. The lowest BCUT2D eigenvalue weighted by molar-refractivity contribution is 0.0513. The zero-order valence-electron chi connectivity index (χ0n) is 17.6. The van der Waals surface area contributed by atoms with Crippen LogP contribution in [0, 0.1) is 0 Å². The van der Waals surface area contributed by atoms with Crippen LogP contribution in [0.15, 0.2) is 84.9 Å². The van der Waals surface area contributed by atoms with Gasteiger partial charge in [-0.3, -0.25) is 4.79 Å². The molecule has 32 heavy (non-hydrogen) atoms. The third kappa shape index (κ3) is 3.92. The van der Waals surface area contributed by atoms with Gasteiger partial charge in [-0.05, 0) is 24.3 Å². The van der Waals surface area contributed by atoms with Gasteiger partial charge in [-0.25, -0.2) is 9.67 Å². The van der Waals surface area contributed by atoms with Gasteiger partial charge in [0.2, 0.25) is 5.82 Å². The van der Waals surface area contributed by atoms with Gasteiger partial charge in [-0.15, -0.1) is 5.10 Å². The maximum atomic E-state index is 13.2. The fourth-order valence-corrected chi connectivity index (χ4v) is 3.64. The summed E-state index contributed by atoms with van der Waals surface area (Å²) in [7, 11) is 1.72. The molecule has 0 spiro atoms. The standard InChI is InChI=1S/C25H22N4O3/c1-28(16-20-17-31-21-14-8-9-15-22(21)32-20)25(30)23-26-24(18-10-4-2-5-11-18)29(27-23)19-12-6-3-7-13-19/h2-15,20H,16-17H2,1H3. The zero-order valence-corrected chi connectivity index (χ0v) is 17.6. The number of ether oxygens (including phenoxy) is 2. The summed E-state index contributed by atoms with van der Waals surface area (Å²) in [4.78, 5) is 19.3. The van der Waals surface area contributed by atoms with E-state index in [4.69, 9.17) is 9.47 Å². The number of benzene rings is 3. The summed E-state index contributed by atoms with van der Waals surface area (Å²) in [6.45, 7) is 0.726. The molecule has 1 aliphatic rings. The number of carbonyl (C=O) groups excluding carboxylic acids is 1. The molecule has 160 valence electrons. The summed E-state index contributed by atoms with van der Waals surface area (Å²) < 4.78 is 13.5. The fraction of sp³-hybridized carbons (Fsp3) is 0.160. The van der Waals surface area contributed by atoms with Crippen molar-refractivity contribution in [2.24, 2.45) is 0 Å². The number of nitrogens with zero attached hydrogens (tertiary/aromatic N) is 4. The minimum absolute atomic E-state index is 0.132. The quantitative estimate of drug-likeness (QED) is 0.485. The van der Waals surface area contributed by atoms with E-state index in [1.807, 2.05) is 84.9 Å². The number of hydrogen-bond acceptors (Lipinski definition) is 5. The average Bonchev–Trinajstić information content (AvgIpc) is 3.30. The minimum Gasteiger partial charge on any atom is -0.486 e. The number of hydrogen-bond donors (Lipinski definition) is 0. The molecular formula is C25H22N4O3. The van der Waals surface area contributed by atoms with Crippen LogP contribution in [0.4, 0.5) is 0 Å². The first-order chi connectivity index (χ1) is 15.7. The highest BCUT2D eigenvalue weighted by molar-refractivity contribution is 5.91. The van der Waals surface area contributed by atoms with Crippen molar-refractivity contribution in [3.8, 4) is 28.6 Å². The maximum absolute atomic E-state index is 13.2. The van der Waals surface area contributed by atoms with Crippen LogP contribution in [0.1, 0.15) is 10.6 Å². The summed E-state index contributed by atoms with van der Waals surface area (Å²) >= 11 is 0. The first kappa shape index (κ1) is 19.8. The molecule has 7 nitrogen and oxygen atoms in total. The van der Waals surface area contributed by atoms with Crippen molar-refractivity contribution in [3.63, 3.8) is 0 Å². The van der Waals surface area contributed by atoms with Gasteiger partial charge >= 0.3 is 0 Å². The molecule has 1 atom stereocenters. The van der Waals surface area contributed by atoms with E-state index < -0.39 is 0 Å². The molecule has 1 amide bonds. The predicted octanol–water partition coefficient (Wildman–Crippen LogP) is 3.85. The van der Waals surface area contributed by atoms with Crippen LogP contribution in [0.3, 0.4) is 0 Å². The molecule has 4 aromatic rings. The van der Waals surface area contributed by atoms with Gasteiger partial charge in [-0.2, -0.15) is 0 Å². The number of para-hydroxylation sites is 3. The fourth-order valence-electron chi connectivity index (χ4n) is 3.64. The van der Waals surface area contributed by atoms with E-state index in [2.05, 4.69) is 10.1 Å². The van der Waals surface area contributed by atoms with Crippen LogP contribution in [-0.2, 0) is 0 Å². The van der Waals surface area contributed by atoms with Crippen molar-refractivity contribution in [3.05, 3.63) is 90.8 Å². The molecule has 0 bridgehead atoms. The van der Waals surface area contributed by atoms with E-state index in [-0.39, 0.29) is 17.8 Å². The maximum Gasteiger partial charge on any atom is 0.293 e. The van der Waals surface area contributed by atoms with E-state index in [1.165, 1.54) is 0 Å². The Bertz CT molecular complexity index is 1170. The molecule has 7 heteroatoms. The number of likely N-dealkylation sites (N-methyl/N-ethyl adjacent to an activating group) is 1. The number of aromatic nitrogens is 3. The smallest absolute Gasteiger partial charge is 0.293 e. The summed E-state index contributed by atoms with van der Waals surface area (Å²) in [5.41, 5.74) is 1.72. The Hall–Kier alpha value is -4.13. The van der Waals surface area contributed by atoms with Gasteiger partial charge < -0.3 is 14.4 Å². The molecule has 0 saturated carbocycles. The van der Waals surface area contributed by atoms with E-state index in [1.54, 1.807) is 16.6 Å². The topological polar surface area (TPSA) is 69.5 Å². The lowest BCUT2D eigenvalue weighted by Crippen LogP contribution is -2.42. The van der Waals surface area contributed by atoms with Crippen LogP contribution in [0.5, 0.6) is 11.5 Å². The Morgan fingerprint density at radius 3 is 2.38 bits per heavy atom. The molecule has 0 saturated heterocycles. The summed E-state index contributed by atoms with van der Waals surface area (Å²) in [6.07, 6.45) is -0.274. The minimum atomic E-state index is -0.278. The summed E-state index contributed by atoms with van der Waals surface area (Å²) in [5, 5.41) is 4.55. The monoisotopic (exact) mass is 426 g/mol. The molecule has 3 aromatic carbocycles. The van der Waals surface area contributed by atoms with Crippen molar-refractivity contribution in [2.45, 2.75) is 6.10 Å². The second-order valence-corrected chi connectivity index (χ2v) is 7.56. The number of carbonyl (C=O) groups is 1. The zero-order chi connectivity index (χ0) is 21.9. The molecule has 1 unspecified atom stereocenters. The number of amides is 1. The summed E-state index contributed by atoms with van der Waals surface area (Å²) in [5.74, 6) is 1.86. The first-order valence-corrected chi connectivity index (χ1v) is 10.4. The van der Waals surface area contributed by atoms with Gasteiger partial charge in [0.1, 0.15) is 6.61 Å². The highest BCUT2D eigenvalue weighted by atomic mass is 16.6. The third-order valence-corrected chi connectivity index (χ3v) is 5.22. The molecule has 0 aliphatic carbocycles. The molecule has 1 aromatic heterocycles. The van der Waals surface area contributed by atoms with Crippen LogP contribution in [-0.4, -0.2) is 51.9 Å². The van der Waals surface area contributed by atoms with Crippen LogP contribution in [0.2, 0.25) is 0 Å². The van der Waals surface area contributed by atoms with E-state index >= 15 is 0 Å².